The molecule has 0 saturated carbocycles. The summed E-state index contributed by atoms with van der Waals surface area (Å²) in [5.74, 6) is -0.841. The Morgan fingerprint density at radius 1 is 1.36 bits per heavy atom. The third-order valence-corrected chi connectivity index (χ3v) is 2.63. The number of carboxylic acid groups (broad SMARTS) is 1. The summed E-state index contributed by atoms with van der Waals surface area (Å²) < 4.78 is 0. The molecule has 1 aliphatic carbocycles. The molecule has 4 heteroatoms. The van der Waals surface area contributed by atoms with E-state index in [-0.39, 0.29) is 12.2 Å². The summed E-state index contributed by atoms with van der Waals surface area (Å²) in [6.45, 7) is 0. The van der Waals surface area contributed by atoms with Crippen LogP contribution in [-0.4, -0.2) is 21.7 Å². The fraction of sp³-hybridized carbons (Fsp3) is 0.300. The summed E-state index contributed by atoms with van der Waals surface area (Å²) in [6.07, 6.45) is 0.615. The first-order valence-corrected chi connectivity index (χ1v) is 4.34. The van der Waals surface area contributed by atoms with E-state index in [1.54, 1.807) is 18.2 Å². The summed E-state index contributed by atoms with van der Waals surface area (Å²) in [5.41, 5.74) is 6.26. The van der Waals surface area contributed by atoms with Gasteiger partial charge in [0.05, 0.1) is 0 Å². The van der Waals surface area contributed by atoms with Crippen LogP contribution in [0.1, 0.15) is 11.1 Å². The molecule has 0 fully saturated rings. The molecule has 14 heavy (non-hydrogen) atoms. The quantitative estimate of drug-likeness (QED) is 0.598. The Hall–Kier alpha value is -1.55. The van der Waals surface area contributed by atoms with Crippen LogP contribution >= 0.6 is 0 Å². The number of hydrogen-bond donors (Lipinski definition) is 3. The Morgan fingerprint density at radius 3 is 2.64 bits per heavy atom. The van der Waals surface area contributed by atoms with Crippen LogP contribution in [0.4, 0.5) is 0 Å². The fourth-order valence-corrected chi connectivity index (χ4v) is 1.84. The predicted octanol–water partition coefficient (Wildman–Crippen LogP) is 0.273. The van der Waals surface area contributed by atoms with Crippen molar-refractivity contribution in [1.82, 2.24) is 0 Å². The molecule has 0 saturated heterocycles. The second-order valence-electron chi connectivity index (χ2n) is 3.77. The monoisotopic (exact) mass is 193 g/mol. The highest BCUT2D eigenvalue weighted by Crippen LogP contribution is 2.30. The van der Waals surface area contributed by atoms with E-state index < -0.39 is 11.5 Å². The molecule has 1 aromatic carbocycles. The molecule has 0 spiro atoms. The summed E-state index contributed by atoms with van der Waals surface area (Å²) in [5, 5.41) is 18.1. The van der Waals surface area contributed by atoms with Crippen molar-refractivity contribution in [3.63, 3.8) is 0 Å². The highest BCUT2D eigenvalue weighted by Gasteiger charge is 2.40. The molecule has 2 rings (SSSR count). The van der Waals surface area contributed by atoms with Crippen molar-refractivity contribution >= 4 is 5.97 Å². The number of nitrogens with two attached hydrogens (primary N) is 1. The highest BCUT2D eigenvalue weighted by atomic mass is 16.4. The van der Waals surface area contributed by atoms with Crippen LogP contribution in [0.5, 0.6) is 5.75 Å². The molecule has 0 aromatic heterocycles. The number of aliphatic carboxylic acids is 1. The Morgan fingerprint density at radius 2 is 2.00 bits per heavy atom. The second kappa shape index (κ2) is 2.72. The summed E-state index contributed by atoms with van der Waals surface area (Å²) in [6, 6.07) is 4.85. The molecule has 1 aliphatic rings. The van der Waals surface area contributed by atoms with Gasteiger partial charge in [-0.3, -0.25) is 4.79 Å². The minimum atomic E-state index is -1.20. The lowest BCUT2D eigenvalue weighted by Gasteiger charge is -2.16. The lowest BCUT2D eigenvalue weighted by molar-refractivity contribution is -0.142. The summed E-state index contributed by atoms with van der Waals surface area (Å²) in [7, 11) is 0. The van der Waals surface area contributed by atoms with E-state index in [9.17, 15) is 9.90 Å². The molecule has 4 N–H and O–H groups in total. The van der Waals surface area contributed by atoms with Crippen LogP contribution < -0.4 is 5.73 Å². The number of benzene rings is 1. The minimum absolute atomic E-state index is 0.151. The van der Waals surface area contributed by atoms with Crippen LogP contribution in [0.25, 0.3) is 0 Å². The third kappa shape index (κ3) is 1.24. The number of phenolic OH excluding ortho intramolecular Hbond substituents is 1. The SMILES string of the molecule is NC1(C(=O)O)Cc2ccc(O)cc2C1. The Bertz CT molecular complexity index is 402. The van der Waals surface area contributed by atoms with Crippen molar-refractivity contribution in [2.24, 2.45) is 5.73 Å². The van der Waals surface area contributed by atoms with Gasteiger partial charge in [0.1, 0.15) is 11.3 Å². The van der Waals surface area contributed by atoms with Gasteiger partial charge in [-0.2, -0.15) is 0 Å². The van der Waals surface area contributed by atoms with Gasteiger partial charge in [-0.25, -0.2) is 0 Å². The number of aromatic hydroxyl groups is 1. The zero-order valence-electron chi connectivity index (χ0n) is 7.53. The number of phenols is 1. The van der Waals surface area contributed by atoms with E-state index in [4.69, 9.17) is 10.8 Å². The first-order valence-electron chi connectivity index (χ1n) is 4.34. The lowest BCUT2D eigenvalue weighted by Crippen LogP contribution is -2.48. The molecule has 0 bridgehead atoms. The average Bonchev–Trinajstić information content (AvgIpc) is 2.42. The van der Waals surface area contributed by atoms with Crippen LogP contribution in [0.2, 0.25) is 0 Å². The Kier molecular flexibility index (Phi) is 1.75. The minimum Gasteiger partial charge on any atom is -0.508 e. The third-order valence-electron chi connectivity index (χ3n) is 2.63. The number of hydrogen-bond acceptors (Lipinski definition) is 3. The molecule has 0 heterocycles. The molecule has 1 atom stereocenters. The standard InChI is InChI=1S/C10H11NO3/c11-10(9(13)14)4-6-1-2-8(12)3-7(6)5-10/h1-3,12H,4-5,11H2,(H,13,14). The van der Waals surface area contributed by atoms with Gasteiger partial charge in [0.2, 0.25) is 0 Å². The van der Waals surface area contributed by atoms with Crippen LogP contribution in [0.3, 0.4) is 0 Å². The zero-order valence-corrected chi connectivity index (χ0v) is 7.53. The first-order chi connectivity index (χ1) is 6.51. The maximum Gasteiger partial charge on any atom is 0.324 e. The number of carboxylic acids is 1. The fourth-order valence-electron chi connectivity index (χ4n) is 1.84. The van der Waals surface area contributed by atoms with Crippen LogP contribution in [-0.2, 0) is 17.6 Å². The van der Waals surface area contributed by atoms with E-state index >= 15 is 0 Å². The van der Waals surface area contributed by atoms with Gasteiger partial charge in [-0.05, 0) is 23.3 Å². The smallest absolute Gasteiger partial charge is 0.324 e. The molecule has 4 nitrogen and oxygen atoms in total. The normalized spacial score (nSPS) is 24.6. The maximum atomic E-state index is 10.9. The van der Waals surface area contributed by atoms with E-state index in [1.807, 2.05) is 0 Å². The average molecular weight is 193 g/mol. The maximum absolute atomic E-state index is 10.9. The van der Waals surface area contributed by atoms with Crippen molar-refractivity contribution in [2.75, 3.05) is 0 Å². The van der Waals surface area contributed by atoms with Crippen molar-refractivity contribution < 1.29 is 15.0 Å². The first kappa shape index (κ1) is 9.02. The largest absolute Gasteiger partial charge is 0.508 e. The van der Waals surface area contributed by atoms with Gasteiger partial charge in [-0.1, -0.05) is 6.07 Å². The highest BCUT2D eigenvalue weighted by molar-refractivity contribution is 5.81. The van der Waals surface area contributed by atoms with Gasteiger partial charge < -0.3 is 15.9 Å². The van der Waals surface area contributed by atoms with Gasteiger partial charge in [0.25, 0.3) is 0 Å². The van der Waals surface area contributed by atoms with Gasteiger partial charge >= 0.3 is 5.97 Å². The molecule has 74 valence electrons. The van der Waals surface area contributed by atoms with Crippen LogP contribution in [0, 0.1) is 0 Å². The molecule has 1 aromatic rings. The molecular weight excluding hydrogens is 182 g/mol. The van der Waals surface area contributed by atoms with E-state index in [0.29, 0.717) is 6.42 Å². The van der Waals surface area contributed by atoms with Crippen molar-refractivity contribution in [3.8, 4) is 5.75 Å². The molecule has 0 amide bonds. The Labute approximate surface area is 81.0 Å². The van der Waals surface area contributed by atoms with Gasteiger partial charge in [-0.15, -0.1) is 0 Å². The molecule has 0 radical (unpaired) electrons. The number of rotatable bonds is 1. The second-order valence-corrected chi connectivity index (χ2v) is 3.77. The van der Waals surface area contributed by atoms with Gasteiger partial charge in [0.15, 0.2) is 0 Å². The van der Waals surface area contributed by atoms with Crippen molar-refractivity contribution in [2.45, 2.75) is 18.4 Å². The van der Waals surface area contributed by atoms with Crippen LogP contribution in [0.15, 0.2) is 18.2 Å². The molecule has 1 unspecified atom stereocenters. The molecular formula is C10H11NO3. The number of fused-ring (bicyclic) bond motifs is 1. The zero-order chi connectivity index (χ0) is 10.3. The lowest BCUT2D eigenvalue weighted by atomic mass is 9.98. The summed E-state index contributed by atoms with van der Waals surface area (Å²) in [4.78, 5) is 10.9. The predicted molar refractivity (Wildman–Crippen MR) is 50.1 cm³/mol. The Balaban J connectivity index is 2.39. The van der Waals surface area contributed by atoms with E-state index in [2.05, 4.69) is 0 Å². The number of carbonyl (C=O) groups is 1. The topological polar surface area (TPSA) is 83.6 Å². The van der Waals surface area contributed by atoms with Crippen molar-refractivity contribution in [1.29, 1.82) is 0 Å². The summed E-state index contributed by atoms with van der Waals surface area (Å²) >= 11 is 0. The van der Waals surface area contributed by atoms with Crippen molar-refractivity contribution in [3.05, 3.63) is 29.3 Å². The van der Waals surface area contributed by atoms with E-state index in [1.165, 1.54) is 0 Å². The van der Waals surface area contributed by atoms with E-state index in [0.717, 1.165) is 11.1 Å². The van der Waals surface area contributed by atoms with Gasteiger partial charge in [0, 0.05) is 12.8 Å². The molecule has 0 aliphatic heterocycles.